The van der Waals surface area contributed by atoms with Gasteiger partial charge >= 0.3 is 0 Å². The number of nitrogens with zero attached hydrogens (tertiary/aromatic N) is 1. The molecule has 4 rings (SSSR count). The molecule has 0 saturated heterocycles. The molecule has 4 aromatic rings. The summed E-state index contributed by atoms with van der Waals surface area (Å²) in [7, 11) is 0. The summed E-state index contributed by atoms with van der Waals surface area (Å²) in [6.07, 6.45) is 0.553. The molecular formula is C23H22I2N2O. The van der Waals surface area contributed by atoms with Crippen molar-refractivity contribution in [2.75, 3.05) is 11.9 Å². The number of nitrogens with one attached hydrogen (secondary N) is 1. The first-order valence-corrected chi connectivity index (χ1v) is 11.6. The minimum Gasteiger partial charge on any atom is -0.389 e. The van der Waals surface area contributed by atoms with E-state index in [1.54, 1.807) is 0 Å². The van der Waals surface area contributed by atoms with E-state index in [1.165, 1.54) is 34.5 Å². The van der Waals surface area contributed by atoms with Gasteiger partial charge in [-0.15, -0.1) is 0 Å². The van der Waals surface area contributed by atoms with E-state index in [4.69, 9.17) is 0 Å². The van der Waals surface area contributed by atoms with E-state index >= 15 is 0 Å². The van der Waals surface area contributed by atoms with Crippen LogP contribution in [0, 0.1) is 7.14 Å². The van der Waals surface area contributed by atoms with E-state index < -0.39 is 6.10 Å². The fourth-order valence-electron chi connectivity index (χ4n) is 3.61. The van der Waals surface area contributed by atoms with Gasteiger partial charge in [-0.2, -0.15) is 0 Å². The fraction of sp³-hybridized carbons (Fsp3) is 0.217. The lowest BCUT2D eigenvalue weighted by molar-refractivity contribution is 0.169. The Morgan fingerprint density at radius 3 is 2.00 bits per heavy atom. The molecule has 3 aromatic carbocycles. The third-order valence-corrected chi connectivity index (χ3v) is 6.43. The monoisotopic (exact) mass is 596 g/mol. The lowest BCUT2D eigenvalue weighted by Gasteiger charge is -2.16. The molecule has 0 aliphatic rings. The van der Waals surface area contributed by atoms with Gasteiger partial charge in [0.05, 0.1) is 12.6 Å². The first-order chi connectivity index (χ1) is 13.5. The second-order valence-electron chi connectivity index (χ2n) is 7.02. The van der Waals surface area contributed by atoms with Crippen molar-refractivity contribution >= 4 is 72.7 Å². The van der Waals surface area contributed by atoms with Crippen LogP contribution in [-0.4, -0.2) is 22.3 Å². The molecule has 2 N–H and O–H groups in total. The molecule has 0 fully saturated rings. The smallest absolute Gasteiger partial charge is 0.0891 e. The highest BCUT2D eigenvalue weighted by molar-refractivity contribution is 14.1. The van der Waals surface area contributed by atoms with E-state index in [0.29, 0.717) is 13.1 Å². The van der Waals surface area contributed by atoms with Gasteiger partial charge in [-0.05, 0) is 106 Å². The average Bonchev–Trinajstić information content (AvgIpc) is 2.99. The number of benzene rings is 3. The SMILES string of the molecule is CCc1ccc(NCC(O)Cn2c3ccc(I)cc3c3cc(I)ccc32)cc1. The minimum absolute atomic E-state index is 0.483. The molecule has 0 bridgehead atoms. The summed E-state index contributed by atoms with van der Waals surface area (Å²) in [6, 6.07) is 21.4. The van der Waals surface area contributed by atoms with Crippen LogP contribution in [-0.2, 0) is 13.0 Å². The maximum atomic E-state index is 10.7. The molecule has 1 aromatic heterocycles. The summed E-state index contributed by atoms with van der Waals surface area (Å²) in [5.41, 5.74) is 4.70. The first-order valence-electron chi connectivity index (χ1n) is 9.43. The van der Waals surface area contributed by atoms with Gasteiger partial charge in [0.1, 0.15) is 0 Å². The standard InChI is InChI=1S/C23H22I2N2O/c1-2-15-3-7-18(8-4-15)26-13-19(28)14-27-22-9-5-16(24)11-20(22)21-12-17(25)6-10-23(21)27/h3-12,19,26,28H,2,13-14H2,1H3. The topological polar surface area (TPSA) is 37.2 Å². The third kappa shape index (κ3) is 4.16. The van der Waals surface area contributed by atoms with E-state index in [-0.39, 0.29) is 0 Å². The zero-order valence-corrected chi connectivity index (χ0v) is 19.9. The number of rotatable bonds is 6. The number of aliphatic hydroxyl groups excluding tert-OH is 1. The van der Waals surface area contributed by atoms with Crippen molar-refractivity contribution in [3.63, 3.8) is 0 Å². The van der Waals surface area contributed by atoms with Crippen LogP contribution in [0.15, 0.2) is 60.7 Å². The quantitative estimate of drug-likeness (QED) is 0.267. The molecule has 0 aliphatic carbocycles. The Morgan fingerprint density at radius 1 is 0.893 bits per heavy atom. The molecule has 1 heterocycles. The van der Waals surface area contributed by atoms with Crippen LogP contribution in [0.2, 0.25) is 0 Å². The van der Waals surface area contributed by atoms with Crippen LogP contribution < -0.4 is 5.32 Å². The number of fused-ring (bicyclic) bond motifs is 3. The van der Waals surface area contributed by atoms with Crippen molar-refractivity contribution in [3.05, 3.63) is 73.4 Å². The van der Waals surface area contributed by atoms with Gasteiger partial charge in [-0.25, -0.2) is 0 Å². The van der Waals surface area contributed by atoms with Crippen molar-refractivity contribution in [1.29, 1.82) is 0 Å². The molecule has 3 nitrogen and oxygen atoms in total. The summed E-state index contributed by atoms with van der Waals surface area (Å²) in [5.74, 6) is 0. The van der Waals surface area contributed by atoms with E-state index in [1.807, 2.05) is 0 Å². The molecule has 0 radical (unpaired) electrons. The Balaban J connectivity index is 1.59. The molecule has 144 valence electrons. The van der Waals surface area contributed by atoms with Gasteiger partial charge in [0.25, 0.3) is 0 Å². The highest BCUT2D eigenvalue weighted by atomic mass is 127. The average molecular weight is 596 g/mol. The van der Waals surface area contributed by atoms with Gasteiger partial charge in [0.2, 0.25) is 0 Å². The summed E-state index contributed by atoms with van der Waals surface area (Å²) < 4.78 is 4.69. The van der Waals surface area contributed by atoms with Gasteiger partial charge in [-0.1, -0.05) is 19.1 Å². The molecular weight excluding hydrogens is 574 g/mol. The molecule has 0 amide bonds. The van der Waals surface area contributed by atoms with Crippen molar-refractivity contribution < 1.29 is 5.11 Å². The second-order valence-corrected chi connectivity index (χ2v) is 9.51. The number of hydrogen-bond donors (Lipinski definition) is 2. The molecule has 5 heteroatoms. The predicted molar refractivity (Wildman–Crippen MR) is 135 cm³/mol. The van der Waals surface area contributed by atoms with Crippen molar-refractivity contribution in [2.45, 2.75) is 26.0 Å². The molecule has 1 unspecified atom stereocenters. The zero-order valence-electron chi connectivity index (χ0n) is 15.6. The van der Waals surface area contributed by atoms with Gasteiger partial charge in [0, 0.05) is 41.2 Å². The second kappa shape index (κ2) is 8.59. The number of anilines is 1. The molecule has 0 aliphatic heterocycles. The van der Waals surface area contributed by atoms with Crippen molar-refractivity contribution in [3.8, 4) is 0 Å². The number of halogens is 2. The Kier molecular flexibility index (Phi) is 6.13. The van der Waals surface area contributed by atoms with Crippen LogP contribution in [0.4, 0.5) is 5.69 Å². The fourth-order valence-corrected chi connectivity index (χ4v) is 4.60. The highest BCUT2D eigenvalue weighted by Gasteiger charge is 2.14. The largest absolute Gasteiger partial charge is 0.389 e. The number of hydrogen-bond acceptors (Lipinski definition) is 2. The molecule has 0 saturated carbocycles. The maximum absolute atomic E-state index is 10.7. The number of aliphatic hydroxyl groups is 1. The molecule has 1 atom stereocenters. The summed E-state index contributed by atoms with van der Waals surface area (Å²) in [6.45, 7) is 3.22. The van der Waals surface area contributed by atoms with E-state index in [0.717, 1.165) is 12.1 Å². The Morgan fingerprint density at radius 2 is 1.46 bits per heavy atom. The van der Waals surface area contributed by atoms with Gasteiger partial charge in [-0.3, -0.25) is 0 Å². The van der Waals surface area contributed by atoms with Crippen LogP contribution in [0.3, 0.4) is 0 Å². The predicted octanol–water partition coefficient (Wildman–Crippen LogP) is 6.04. The van der Waals surface area contributed by atoms with Crippen molar-refractivity contribution in [1.82, 2.24) is 4.57 Å². The Bertz CT molecular complexity index is 1060. The van der Waals surface area contributed by atoms with Crippen molar-refractivity contribution in [2.24, 2.45) is 0 Å². The van der Waals surface area contributed by atoms with Crippen LogP contribution in [0.25, 0.3) is 21.8 Å². The Hall–Kier alpha value is -1.32. The van der Waals surface area contributed by atoms with E-state index in [9.17, 15) is 5.11 Å². The van der Waals surface area contributed by atoms with E-state index in [2.05, 4.69) is 123 Å². The molecule has 0 spiro atoms. The first kappa shape index (κ1) is 20.0. The van der Waals surface area contributed by atoms with Crippen LogP contribution in [0.5, 0.6) is 0 Å². The van der Waals surface area contributed by atoms with Crippen LogP contribution in [0.1, 0.15) is 12.5 Å². The Labute approximate surface area is 192 Å². The third-order valence-electron chi connectivity index (χ3n) is 5.09. The highest BCUT2D eigenvalue weighted by Crippen LogP contribution is 2.31. The van der Waals surface area contributed by atoms with Gasteiger partial charge in [0.15, 0.2) is 0 Å². The summed E-state index contributed by atoms with van der Waals surface area (Å²) in [4.78, 5) is 0. The maximum Gasteiger partial charge on any atom is 0.0891 e. The molecule has 28 heavy (non-hydrogen) atoms. The lowest BCUT2D eigenvalue weighted by atomic mass is 10.1. The lowest BCUT2D eigenvalue weighted by Crippen LogP contribution is -2.24. The number of aromatic nitrogens is 1. The number of aryl methyl sites for hydroxylation is 1. The summed E-state index contributed by atoms with van der Waals surface area (Å²) in [5, 5.41) is 16.6. The normalized spacial score (nSPS) is 12.6. The summed E-state index contributed by atoms with van der Waals surface area (Å²) >= 11 is 4.72. The van der Waals surface area contributed by atoms with Crippen LogP contribution >= 0.6 is 45.2 Å². The van der Waals surface area contributed by atoms with Gasteiger partial charge < -0.3 is 15.0 Å². The zero-order chi connectivity index (χ0) is 19.7. The minimum atomic E-state index is -0.483.